The number of aromatic nitrogens is 3. The van der Waals surface area contributed by atoms with E-state index in [1.165, 1.54) is 0 Å². The number of halogens is 1. The van der Waals surface area contributed by atoms with Gasteiger partial charge in [-0.15, -0.1) is 0 Å². The van der Waals surface area contributed by atoms with Gasteiger partial charge in [0.15, 0.2) is 15.7 Å². The first-order valence-corrected chi connectivity index (χ1v) is 11.6. The van der Waals surface area contributed by atoms with Crippen LogP contribution in [0.3, 0.4) is 0 Å². The maximum Gasteiger partial charge on any atom is 0.217 e. The third-order valence-electron chi connectivity index (χ3n) is 4.46. The Morgan fingerprint density at radius 3 is 2.77 bits per heavy atom. The Labute approximate surface area is 167 Å². The Morgan fingerprint density at radius 2 is 2.15 bits per heavy atom. The van der Waals surface area contributed by atoms with Gasteiger partial charge in [-0.25, -0.2) is 13.1 Å². The molecule has 0 aliphatic carbocycles. The van der Waals surface area contributed by atoms with Crippen molar-refractivity contribution in [2.24, 2.45) is 5.92 Å². The van der Waals surface area contributed by atoms with Crippen LogP contribution in [0.25, 0.3) is 11.4 Å². The molecule has 0 spiro atoms. The second-order valence-electron chi connectivity index (χ2n) is 7.13. The van der Waals surface area contributed by atoms with E-state index in [1.807, 2.05) is 28.9 Å². The van der Waals surface area contributed by atoms with Crippen molar-refractivity contribution in [2.45, 2.75) is 33.0 Å². The predicted molar refractivity (Wildman–Crippen MR) is 109 cm³/mol. The van der Waals surface area contributed by atoms with Crippen LogP contribution >= 0.6 is 28.1 Å². The van der Waals surface area contributed by atoms with Gasteiger partial charge < -0.3 is 0 Å². The lowest BCUT2D eigenvalue weighted by Gasteiger charge is -2.29. The van der Waals surface area contributed by atoms with E-state index in [0.29, 0.717) is 29.6 Å². The van der Waals surface area contributed by atoms with Crippen LogP contribution < -0.4 is 0 Å². The van der Waals surface area contributed by atoms with Gasteiger partial charge >= 0.3 is 0 Å². The first-order valence-electron chi connectivity index (χ1n) is 8.61. The summed E-state index contributed by atoms with van der Waals surface area (Å²) in [4.78, 5) is 6.68. The van der Waals surface area contributed by atoms with E-state index in [1.54, 1.807) is 0 Å². The van der Waals surface area contributed by atoms with Crippen LogP contribution in [-0.2, 0) is 16.5 Å². The summed E-state index contributed by atoms with van der Waals surface area (Å²) < 4.78 is 27.0. The number of benzene rings is 1. The van der Waals surface area contributed by atoms with E-state index in [4.69, 9.17) is 12.2 Å². The molecule has 142 valence electrons. The fraction of sp³-hybridized carbons (Fsp3) is 0.529. The highest BCUT2D eigenvalue weighted by atomic mass is 79.9. The molecule has 2 heterocycles. The third-order valence-corrected chi connectivity index (χ3v) is 7.21. The molecule has 1 N–H and O–H groups in total. The Balaban J connectivity index is 1.85. The van der Waals surface area contributed by atoms with Crippen LogP contribution in [0.1, 0.15) is 20.3 Å². The van der Waals surface area contributed by atoms with Gasteiger partial charge in [0.05, 0.1) is 18.2 Å². The molecule has 1 aromatic carbocycles. The van der Waals surface area contributed by atoms with Crippen molar-refractivity contribution in [2.75, 3.05) is 18.1 Å². The number of hydrogen-bond acceptors (Lipinski definition) is 5. The summed E-state index contributed by atoms with van der Waals surface area (Å²) in [6, 6.07) is 7.85. The van der Waals surface area contributed by atoms with Crippen molar-refractivity contribution in [3.8, 4) is 11.4 Å². The molecule has 0 amide bonds. The lowest BCUT2D eigenvalue weighted by molar-refractivity contribution is 0.137. The quantitative estimate of drug-likeness (QED) is 0.670. The van der Waals surface area contributed by atoms with Crippen LogP contribution in [0.15, 0.2) is 28.7 Å². The van der Waals surface area contributed by atoms with Crippen LogP contribution in [-0.4, -0.2) is 52.2 Å². The largest absolute Gasteiger partial charge is 0.280 e. The van der Waals surface area contributed by atoms with Crippen molar-refractivity contribution >= 4 is 38.0 Å². The highest BCUT2D eigenvalue weighted by Gasteiger charge is 2.32. The second kappa shape index (κ2) is 7.92. The Bertz CT molecular complexity index is 936. The number of sulfone groups is 1. The molecule has 1 fully saturated rings. The third kappa shape index (κ3) is 4.62. The van der Waals surface area contributed by atoms with E-state index in [9.17, 15) is 8.42 Å². The summed E-state index contributed by atoms with van der Waals surface area (Å²) in [7, 11) is -2.93. The Kier molecular flexibility index (Phi) is 6.01. The number of rotatable bonds is 6. The molecule has 6 nitrogen and oxygen atoms in total. The minimum atomic E-state index is -2.93. The van der Waals surface area contributed by atoms with Gasteiger partial charge in [-0.2, -0.15) is 4.98 Å². The predicted octanol–water partition coefficient (Wildman–Crippen LogP) is 3.47. The number of nitrogens with one attached hydrogen (secondary N) is 1. The number of hydrogen-bond donors (Lipinski definition) is 1. The van der Waals surface area contributed by atoms with Crippen molar-refractivity contribution in [1.29, 1.82) is 0 Å². The van der Waals surface area contributed by atoms with Crippen molar-refractivity contribution in [1.82, 2.24) is 19.7 Å². The summed E-state index contributed by atoms with van der Waals surface area (Å²) >= 11 is 8.96. The molecule has 1 aromatic heterocycles. The van der Waals surface area contributed by atoms with Gasteiger partial charge in [-0.1, -0.05) is 48.0 Å². The first kappa shape index (κ1) is 19.7. The van der Waals surface area contributed by atoms with Crippen LogP contribution in [0.5, 0.6) is 0 Å². The van der Waals surface area contributed by atoms with E-state index in [2.05, 4.69) is 44.8 Å². The molecule has 3 rings (SSSR count). The number of nitrogens with zero attached hydrogens (tertiary/aromatic N) is 3. The molecule has 1 saturated heterocycles. The normalized spacial score (nSPS) is 19.5. The smallest absolute Gasteiger partial charge is 0.217 e. The average molecular weight is 459 g/mol. The molecular weight excluding hydrogens is 436 g/mol. The van der Waals surface area contributed by atoms with Crippen LogP contribution in [0.2, 0.25) is 0 Å². The highest BCUT2D eigenvalue weighted by molar-refractivity contribution is 9.10. The molecule has 0 bridgehead atoms. The summed E-state index contributed by atoms with van der Waals surface area (Å²) in [5, 5.41) is 3.27. The minimum Gasteiger partial charge on any atom is -0.280 e. The van der Waals surface area contributed by atoms with Crippen molar-refractivity contribution in [3.05, 3.63) is 33.5 Å². The lowest BCUT2D eigenvalue weighted by atomic mass is 10.1. The molecule has 0 radical (unpaired) electrons. The molecule has 26 heavy (non-hydrogen) atoms. The van der Waals surface area contributed by atoms with E-state index in [-0.39, 0.29) is 17.5 Å². The Morgan fingerprint density at radius 1 is 1.42 bits per heavy atom. The summed E-state index contributed by atoms with van der Waals surface area (Å²) in [5.41, 5.74) is 0.941. The first-order chi connectivity index (χ1) is 12.2. The fourth-order valence-electron chi connectivity index (χ4n) is 3.26. The van der Waals surface area contributed by atoms with Gasteiger partial charge in [0.25, 0.3) is 0 Å². The minimum absolute atomic E-state index is 0.0273. The number of aromatic amines is 1. The monoisotopic (exact) mass is 458 g/mol. The van der Waals surface area contributed by atoms with E-state index in [0.717, 1.165) is 16.6 Å². The lowest BCUT2D eigenvalue weighted by Crippen LogP contribution is -2.40. The SMILES string of the molecule is CC(C)CN(Cn1[nH]c(-c2ccccc2Br)nc1=S)[C@H]1CCS(=O)(=O)C1. The molecular formula is C17H23BrN4O2S2. The summed E-state index contributed by atoms with van der Waals surface area (Å²) in [6.45, 7) is 5.59. The zero-order valence-corrected chi connectivity index (χ0v) is 18.1. The maximum absolute atomic E-state index is 11.9. The zero-order chi connectivity index (χ0) is 18.9. The topological polar surface area (TPSA) is 71.0 Å². The molecule has 0 saturated carbocycles. The van der Waals surface area contributed by atoms with Crippen LogP contribution in [0, 0.1) is 10.7 Å². The molecule has 0 unspecified atom stereocenters. The van der Waals surface area contributed by atoms with Gasteiger partial charge in [0, 0.05) is 22.6 Å². The van der Waals surface area contributed by atoms with Crippen LogP contribution in [0.4, 0.5) is 0 Å². The number of H-pyrrole nitrogens is 1. The fourth-order valence-corrected chi connectivity index (χ4v) is 5.69. The summed E-state index contributed by atoms with van der Waals surface area (Å²) in [6.07, 6.45) is 0.674. The summed E-state index contributed by atoms with van der Waals surface area (Å²) in [5.74, 6) is 1.62. The van der Waals surface area contributed by atoms with Crippen molar-refractivity contribution in [3.63, 3.8) is 0 Å². The maximum atomic E-state index is 11.9. The Hall–Kier alpha value is -1.03. The highest BCUT2D eigenvalue weighted by Crippen LogP contribution is 2.25. The average Bonchev–Trinajstić information content (AvgIpc) is 3.09. The van der Waals surface area contributed by atoms with Gasteiger partial charge in [-0.3, -0.25) is 10.00 Å². The van der Waals surface area contributed by atoms with E-state index < -0.39 is 9.84 Å². The standard InChI is InChI=1S/C17H23BrN4O2S2/c1-12(2)9-21(13-7-8-26(23,24)10-13)11-22-17(25)19-16(20-22)14-5-3-4-6-15(14)18/h3-6,12-13H,7-11H2,1-2H3,(H,19,20,25)/t13-/m0/s1. The van der Waals surface area contributed by atoms with E-state index >= 15 is 0 Å². The van der Waals surface area contributed by atoms with Gasteiger partial charge in [-0.05, 0) is 30.6 Å². The van der Waals surface area contributed by atoms with Gasteiger partial charge in [0.2, 0.25) is 4.77 Å². The molecule has 1 aliphatic heterocycles. The molecule has 9 heteroatoms. The zero-order valence-electron chi connectivity index (χ0n) is 14.9. The second-order valence-corrected chi connectivity index (χ2v) is 10.6. The molecule has 2 aromatic rings. The van der Waals surface area contributed by atoms with Crippen molar-refractivity contribution < 1.29 is 8.42 Å². The molecule has 1 atom stereocenters. The van der Waals surface area contributed by atoms with Gasteiger partial charge in [0.1, 0.15) is 0 Å². The molecule has 1 aliphatic rings.